The maximum Gasteiger partial charge on any atom is 0.0599 e. The van der Waals surface area contributed by atoms with E-state index in [4.69, 9.17) is 6.42 Å². The number of nitrogens with one attached hydrogen (secondary N) is 1. The second-order valence-corrected chi connectivity index (χ2v) is 3.98. The van der Waals surface area contributed by atoms with Gasteiger partial charge in [-0.15, -0.1) is 6.42 Å². The van der Waals surface area contributed by atoms with Crippen molar-refractivity contribution in [3.8, 4) is 12.3 Å². The summed E-state index contributed by atoms with van der Waals surface area (Å²) in [5.41, 5.74) is 2.64. The summed E-state index contributed by atoms with van der Waals surface area (Å²) < 4.78 is 0. The Morgan fingerprint density at radius 1 is 1.38 bits per heavy atom. The van der Waals surface area contributed by atoms with Gasteiger partial charge in [-0.2, -0.15) is 0 Å². The third-order valence-electron chi connectivity index (χ3n) is 2.38. The summed E-state index contributed by atoms with van der Waals surface area (Å²) in [6, 6.07) is 8.62. The van der Waals surface area contributed by atoms with Gasteiger partial charge < -0.3 is 5.32 Å². The lowest BCUT2D eigenvalue weighted by Crippen LogP contribution is -2.18. The fraction of sp³-hybridized carbons (Fsp3) is 0.429. The SMILES string of the molecule is C#CCN(C)Cc1cccc(CNCC)c1. The first-order chi connectivity index (χ1) is 7.76. The molecule has 0 aromatic heterocycles. The van der Waals surface area contributed by atoms with E-state index in [1.165, 1.54) is 11.1 Å². The molecule has 16 heavy (non-hydrogen) atoms. The Balaban J connectivity index is 2.57. The fourth-order valence-electron chi connectivity index (χ4n) is 1.63. The van der Waals surface area contributed by atoms with Crippen LogP contribution in [-0.2, 0) is 13.1 Å². The van der Waals surface area contributed by atoms with E-state index in [1.54, 1.807) is 0 Å². The molecule has 0 aliphatic carbocycles. The molecule has 2 heteroatoms. The quantitative estimate of drug-likeness (QED) is 0.730. The molecule has 0 saturated heterocycles. The first-order valence-corrected chi connectivity index (χ1v) is 5.66. The van der Waals surface area contributed by atoms with Crippen molar-refractivity contribution in [3.63, 3.8) is 0 Å². The van der Waals surface area contributed by atoms with Crippen molar-refractivity contribution < 1.29 is 0 Å². The van der Waals surface area contributed by atoms with Gasteiger partial charge in [-0.1, -0.05) is 37.1 Å². The summed E-state index contributed by atoms with van der Waals surface area (Å²) in [7, 11) is 2.04. The van der Waals surface area contributed by atoms with E-state index < -0.39 is 0 Å². The van der Waals surface area contributed by atoms with Crippen molar-refractivity contribution >= 4 is 0 Å². The number of hydrogen-bond acceptors (Lipinski definition) is 2. The second-order valence-electron chi connectivity index (χ2n) is 3.98. The molecule has 0 aliphatic rings. The molecule has 2 nitrogen and oxygen atoms in total. The zero-order valence-electron chi connectivity index (χ0n) is 10.2. The van der Waals surface area contributed by atoms with Gasteiger partial charge in [0.2, 0.25) is 0 Å². The lowest BCUT2D eigenvalue weighted by molar-refractivity contribution is 0.369. The topological polar surface area (TPSA) is 15.3 Å². The average molecular weight is 216 g/mol. The van der Waals surface area contributed by atoms with E-state index in [0.717, 1.165) is 19.6 Å². The molecule has 0 aliphatic heterocycles. The Hall–Kier alpha value is -1.30. The Bertz CT molecular complexity index is 352. The van der Waals surface area contributed by atoms with Crippen molar-refractivity contribution in [3.05, 3.63) is 35.4 Å². The zero-order valence-corrected chi connectivity index (χ0v) is 10.2. The van der Waals surface area contributed by atoms with E-state index in [2.05, 4.69) is 47.3 Å². The molecule has 0 saturated carbocycles. The number of benzene rings is 1. The van der Waals surface area contributed by atoms with Crippen LogP contribution in [0.15, 0.2) is 24.3 Å². The van der Waals surface area contributed by atoms with E-state index in [0.29, 0.717) is 6.54 Å². The molecule has 0 unspecified atom stereocenters. The summed E-state index contributed by atoms with van der Waals surface area (Å²) >= 11 is 0. The van der Waals surface area contributed by atoms with Crippen LogP contribution >= 0.6 is 0 Å². The number of hydrogen-bond donors (Lipinski definition) is 1. The summed E-state index contributed by atoms with van der Waals surface area (Å²) in [5.74, 6) is 2.65. The highest BCUT2D eigenvalue weighted by Gasteiger charge is 1.99. The van der Waals surface area contributed by atoms with Crippen LogP contribution in [0.4, 0.5) is 0 Å². The van der Waals surface area contributed by atoms with E-state index >= 15 is 0 Å². The summed E-state index contributed by atoms with van der Waals surface area (Å²) in [6.07, 6.45) is 5.28. The van der Waals surface area contributed by atoms with Gasteiger partial charge in [-0.3, -0.25) is 4.90 Å². The molecule has 1 aromatic carbocycles. The molecular formula is C14H20N2. The lowest BCUT2D eigenvalue weighted by Gasteiger charge is -2.14. The molecule has 0 heterocycles. The van der Waals surface area contributed by atoms with Crippen molar-refractivity contribution in [2.75, 3.05) is 20.1 Å². The molecule has 0 atom stereocenters. The molecule has 86 valence electrons. The first kappa shape index (κ1) is 12.8. The molecule has 1 rings (SSSR count). The molecule has 0 radical (unpaired) electrons. The predicted molar refractivity (Wildman–Crippen MR) is 69.0 cm³/mol. The van der Waals surface area contributed by atoms with Gasteiger partial charge in [0.15, 0.2) is 0 Å². The predicted octanol–water partition coefficient (Wildman–Crippen LogP) is 1.86. The van der Waals surface area contributed by atoms with E-state index in [1.807, 2.05) is 7.05 Å². The molecular weight excluding hydrogens is 196 g/mol. The summed E-state index contributed by atoms with van der Waals surface area (Å²) in [4.78, 5) is 2.13. The Morgan fingerprint density at radius 2 is 2.12 bits per heavy atom. The van der Waals surface area contributed by atoms with E-state index in [9.17, 15) is 0 Å². The van der Waals surface area contributed by atoms with Crippen LogP contribution in [0.3, 0.4) is 0 Å². The average Bonchev–Trinajstić information content (AvgIpc) is 2.27. The maximum atomic E-state index is 5.28. The van der Waals surface area contributed by atoms with Gasteiger partial charge in [-0.05, 0) is 24.7 Å². The van der Waals surface area contributed by atoms with Gasteiger partial charge in [0.1, 0.15) is 0 Å². The minimum atomic E-state index is 0.692. The Labute approximate surface area is 98.7 Å². The van der Waals surface area contributed by atoms with Crippen LogP contribution in [0.25, 0.3) is 0 Å². The van der Waals surface area contributed by atoms with E-state index in [-0.39, 0.29) is 0 Å². The molecule has 0 spiro atoms. The Morgan fingerprint density at radius 3 is 2.81 bits per heavy atom. The first-order valence-electron chi connectivity index (χ1n) is 5.66. The molecule has 0 bridgehead atoms. The monoisotopic (exact) mass is 216 g/mol. The minimum absolute atomic E-state index is 0.692. The van der Waals surface area contributed by atoms with Crippen LogP contribution in [0.2, 0.25) is 0 Å². The van der Waals surface area contributed by atoms with Crippen molar-refractivity contribution in [2.24, 2.45) is 0 Å². The van der Waals surface area contributed by atoms with Crippen LogP contribution in [-0.4, -0.2) is 25.0 Å². The molecule has 0 fully saturated rings. The molecule has 1 N–H and O–H groups in total. The standard InChI is InChI=1S/C14H20N2/c1-4-9-16(3)12-14-8-6-7-13(10-14)11-15-5-2/h1,6-8,10,15H,5,9,11-12H2,2-3H3. The normalized spacial score (nSPS) is 10.4. The number of terminal acetylenes is 1. The van der Waals surface area contributed by atoms with Crippen LogP contribution < -0.4 is 5.32 Å². The van der Waals surface area contributed by atoms with Crippen molar-refractivity contribution in [1.82, 2.24) is 10.2 Å². The van der Waals surface area contributed by atoms with Gasteiger partial charge in [0, 0.05) is 13.1 Å². The van der Waals surface area contributed by atoms with Gasteiger partial charge >= 0.3 is 0 Å². The number of rotatable bonds is 6. The maximum absolute atomic E-state index is 5.28. The highest BCUT2D eigenvalue weighted by atomic mass is 15.1. The largest absolute Gasteiger partial charge is 0.313 e. The fourth-order valence-corrected chi connectivity index (χ4v) is 1.63. The molecule has 1 aromatic rings. The third-order valence-corrected chi connectivity index (χ3v) is 2.38. The smallest absolute Gasteiger partial charge is 0.0599 e. The summed E-state index contributed by atoms with van der Waals surface area (Å²) in [5, 5.41) is 3.32. The highest BCUT2D eigenvalue weighted by Crippen LogP contribution is 2.07. The van der Waals surface area contributed by atoms with Gasteiger partial charge in [-0.25, -0.2) is 0 Å². The van der Waals surface area contributed by atoms with Crippen molar-refractivity contribution in [1.29, 1.82) is 0 Å². The zero-order chi connectivity index (χ0) is 11.8. The molecule has 0 amide bonds. The second kappa shape index (κ2) is 7.05. The minimum Gasteiger partial charge on any atom is -0.313 e. The van der Waals surface area contributed by atoms with Gasteiger partial charge in [0.05, 0.1) is 6.54 Å². The van der Waals surface area contributed by atoms with Crippen LogP contribution in [0.1, 0.15) is 18.1 Å². The van der Waals surface area contributed by atoms with Crippen molar-refractivity contribution in [2.45, 2.75) is 20.0 Å². The van der Waals surface area contributed by atoms with Gasteiger partial charge in [0.25, 0.3) is 0 Å². The Kier molecular flexibility index (Phi) is 5.63. The highest BCUT2D eigenvalue weighted by molar-refractivity contribution is 5.23. The number of nitrogens with zero attached hydrogens (tertiary/aromatic N) is 1. The lowest BCUT2D eigenvalue weighted by atomic mass is 10.1. The summed E-state index contributed by atoms with van der Waals surface area (Å²) in [6.45, 7) is 5.65. The van der Waals surface area contributed by atoms with Crippen LogP contribution in [0.5, 0.6) is 0 Å². The van der Waals surface area contributed by atoms with Crippen LogP contribution in [0, 0.1) is 12.3 Å². The third kappa shape index (κ3) is 4.48.